The maximum atomic E-state index is 13.5. The molecule has 170 valence electrons. The number of hydrogen-bond donors (Lipinski definition) is 1. The summed E-state index contributed by atoms with van der Waals surface area (Å²) in [5.41, 5.74) is 4.41. The van der Waals surface area contributed by atoms with Gasteiger partial charge >= 0.3 is 0 Å². The summed E-state index contributed by atoms with van der Waals surface area (Å²) in [5, 5.41) is 12.7. The van der Waals surface area contributed by atoms with Crippen molar-refractivity contribution in [2.24, 2.45) is 0 Å². The summed E-state index contributed by atoms with van der Waals surface area (Å²) in [4.78, 5) is 28.2. The summed E-state index contributed by atoms with van der Waals surface area (Å²) in [6.07, 6.45) is 1.39. The van der Waals surface area contributed by atoms with E-state index in [1.54, 1.807) is 12.1 Å². The van der Waals surface area contributed by atoms with Gasteiger partial charge in [-0.15, -0.1) is 0 Å². The Morgan fingerprint density at radius 3 is 2.29 bits per heavy atom. The van der Waals surface area contributed by atoms with Crippen molar-refractivity contribution in [2.45, 2.75) is 31.9 Å². The number of nitrogens with one attached hydrogen (secondary N) is 1. The van der Waals surface area contributed by atoms with Crippen molar-refractivity contribution in [1.82, 2.24) is 0 Å². The number of carbonyl (C=O) groups excluding carboxylic acids is 2. The minimum Gasteiger partial charge on any atom is -0.321 e. The third kappa shape index (κ3) is 5.05. The Kier molecular flexibility index (Phi) is 7.15. The van der Waals surface area contributed by atoms with Crippen LogP contribution in [0, 0.1) is 18.3 Å². The molecule has 0 radical (unpaired) electrons. The van der Waals surface area contributed by atoms with E-state index in [1.165, 1.54) is 16.7 Å². The van der Waals surface area contributed by atoms with E-state index in [1.807, 2.05) is 73.7 Å². The molecular formula is C28H25N3O2S. The van der Waals surface area contributed by atoms with Crippen LogP contribution in [0.15, 0.2) is 89.5 Å². The van der Waals surface area contributed by atoms with Gasteiger partial charge in [-0.3, -0.25) is 14.5 Å². The fraction of sp³-hybridized carbons (Fsp3) is 0.179. The van der Waals surface area contributed by atoms with Gasteiger partial charge in [-0.05, 0) is 55.2 Å². The first-order valence-corrected chi connectivity index (χ1v) is 12.0. The molecule has 0 aliphatic carbocycles. The molecule has 34 heavy (non-hydrogen) atoms. The SMILES string of the molecule is CCc1ccc(N2C(=O)C(Cc3ccccc3)S/C2=C(/C#N)C(=O)Nc2ccc(C)cc2)cc1. The van der Waals surface area contributed by atoms with Crippen LogP contribution in [-0.4, -0.2) is 17.1 Å². The van der Waals surface area contributed by atoms with Gasteiger partial charge in [-0.2, -0.15) is 5.26 Å². The Morgan fingerprint density at radius 2 is 1.68 bits per heavy atom. The van der Waals surface area contributed by atoms with Gasteiger partial charge in [-0.1, -0.05) is 78.8 Å². The molecule has 3 aromatic rings. The number of nitrogens with zero attached hydrogens (tertiary/aromatic N) is 2. The molecule has 1 saturated heterocycles. The molecule has 0 spiro atoms. The van der Waals surface area contributed by atoms with Crippen LogP contribution in [0.4, 0.5) is 11.4 Å². The molecule has 1 heterocycles. The van der Waals surface area contributed by atoms with E-state index in [4.69, 9.17) is 0 Å². The molecule has 2 amide bonds. The molecule has 0 saturated carbocycles. The minimum absolute atomic E-state index is 0.0749. The maximum absolute atomic E-state index is 13.5. The third-order valence-corrected chi connectivity index (χ3v) is 6.94. The van der Waals surface area contributed by atoms with Crippen molar-refractivity contribution in [3.05, 3.63) is 106 Å². The van der Waals surface area contributed by atoms with Gasteiger partial charge in [0.05, 0.1) is 5.25 Å². The second-order valence-corrected chi connectivity index (χ2v) is 9.29. The molecule has 0 bridgehead atoms. The van der Waals surface area contributed by atoms with Crippen LogP contribution in [0.3, 0.4) is 0 Å². The fourth-order valence-corrected chi connectivity index (χ4v) is 5.07. The molecule has 1 aliphatic heterocycles. The third-order valence-electron chi connectivity index (χ3n) is 5.68. The van der Waals surface area contributed by atoms with E-state index in [2.05, 4.69) is 18.3 Å². The van der Waals surface area contributed by atoms with E-state index in [0.717, 1.165) is 23.1 Å². The van der Waals surface area contributed by atoms with E-state index in [0.29, 0.717) is 22.8 Å². The highest BCUT2D eigenvalue weighted by atomic mass is 32.2. The van der Waals surface area contributed by atoms with Crippen LogP contribution in [0.5, 0.6) is 0 Å². The minimum atomic E-state index is -0.530. The Bertz CT molecular complexity index is 1260. The molecule has 5 nitrogen and oxygen atoms in total. The lowest BCUT2D eigenvalue weighted by Gasteiger charge is -2.19. The normalized spacial score (nSPS) is 16.8. The topological polar surface area (TPSA) is 73.2 Å². The molecule has 1 unspecified atom stereocenters. The zero-order valence-corrected chi connectivity index (χ0v) is 19.9. The number of aryl methyl sites for hydroxylation is 2. The van der Waals surface area contributed by atoms with Gasteiger partial charge < -0.3 is 5.32 Å². The summed E-state index contributed by atoms with van der Waals surface area (Å²) < 4.78 is 0. The van der Waals surface area contributed by atoms with Crippen molar-refractivity contribution in [1.29, 1.82) is 5.26 Å². The van der Waals surface area contributed by atoms with E-state index in [-0.39, 0.29) is 11.5 Å². The Hall–Kier alpha value is -3.82. The predicted molar refractivity (Wildman–Crippen MR) is 137 cm³/mol. The Labute approximate surface area is 204 Å². The van der Waals surface area contributed by atoms with Crippen LogP contribution in [-0.2, 0) is 22.4 Å². The lowest BCUT2D eigenvalue weighted by Crippen LogP contribution is -2.30. The van der Waals surface area contributed by atoms with Crippen molar-refractivity contribution in [2.75, 3.05) is 10.2 Å². The highest BCUT2D eigenvalue weighted by molar-refractivity contribution is 8.05. The number of nitriles is 1. The highest BCUT2D eigenvalue weighted by Crippen LogP contribution is 2.42. The quantitative estimate of drug-likeness (QED) is 0.377. The van der Waals surface area contributed by atoms with Crippen molar-refractivity contribution < 1.29 is 9.59 Å². The molecule has 0 aromatic heterocycles. The van der Waals surface area contributed by atoms with Crippen LogP contribution < -0.4 is 10.2 Å². The lowest BCUT2D eigenvalue weighted by atomic mass is 10.1. The standard InChI is InChI=1S/C28H25N3O2S/c1-3-20-11-15-23(16-12-20)31-27(33)25(17-21-7-5-4-6-8-21)34-28(31)24(18-29)26(32)30-22-13-9-19(2)10-14-22/h4-16,25H,3,17H2,1-2H3,(H,30,32)/b28-24-. The predicted octanol–water partition coefficient (Wildman–Crippen LogP) is 5.62. The summed E-state index contributed by atoms with van der Waals surface area (Å²) in [7, 11) is 0. The number of amides is 2. The molecule has 4 rings (SSSR count). The molecule has 1 N–H and O–H groups in total. The van der Waals surface area contributed by atoms with Crippen molar-refractivity contribution in [3.8, 4) is 6.07 Å². The van der Waals surface area contributed by atoms with Gasteiger partial charge in [0, 0.05) is 11.4 Å². The Morgan fingerprint density at radius 1 is 1.00 bits per heavy atom. The maximum Gasteiger partial charge on any atom is 0.269 e. The number of thioether (sulfide) groups is 1. The van der Waals surface area contributed by atoms with Gasteiger partial charge in [0.2, 0.25) is 5.91 Å². The molecule has 6 heteroatoms. The lowest BCUT2D eigenvalue weighted by molar-refractivity contribution is -0.117. The van der Waals surface area contributed by atoms with Crippen molar-refractivity contribution in [3.63, 3.8) is 0 Å². The zero-order valence-electron chi connectivity index (χ0n) is 19.1. The summed E-state index contributed by atoms with van der Waals surface area (Å²) in [6, 6.07) is 26.9. The van der Waals surface area contributed by atoms with E-state index < -0.39 is 11.2 Å². The molecule has 1 atom stereocenters. The first-order chi connectivity index (χ1) is 16.5. The largest absolute Gasteiger partial charge is 0.321 e. The van der Waals surface area contributed by atoms with Gasteiger partial charge in [0.15, 0.2) is 0 Å². The second-order valence-electron chi connectivity index (χ2n) is 8.10. The van der Waals surface area contributed by atoms with E-state index >= 15 is 0 Å². The van der Waals surface area contributed by atoms with Gasteiger partial charge in [0.1, 0.15) is 16.7 Å². The first-order valence-electron chi connectivity index (χ1n) is 11.2. The Balaban J connectivity index is 1.72. The van der Waals surface area contributed by atoms with Gasteiger partial charge in [-0.25, -0.2) is 0 Å². The number of rotatable bonds is 6. The smallest absolute Gasteiger partial charge is 0.269 e. The van der Waals surface area contributed by atoms with Crippen LogP contribution >= 0.6 is 11.8 Å². The average molecular weight is 468 g/mol. The number of benzene rings is 3. The zero-order chi connectivity index (χ0) is 24.1. The second kappa shape index (κ2) is 10.4. The highest BCUT2D eigenvalue weighted by Gasteiger charge is 2.40. The first kappa shape index (κ1) is 23.3. The van der Waals surface area contributed by atoms with Crippen LogP contribution in [0.2, 0.25) is 0 Å². The monoisotopic (exact) mass is 467 g/mol. The average Bonchev–Trinajstić information content (AvgIpc) is 3.17. The molecule has 1 aliphatic rings. The number of anilines is 2. The van der Waals surface area contributed by atoms with Crippen LogP contribution in [0.1, 0.15) is 23.6 Å². The van der Waals surface area contributed by atoms with Gasteiger partial charge in [0.25, 0.3) is 5.91 Å². The molecule has 3 aromatic carbocycles. The van der Waals surface area contributed by atoms with Crippen LogP contribution in [0.25, 0.3) is 0 Å². The molecule has 1 fully saturated rings. The summed E-state index contributed by atoms with van der Waals surface area (Å²) in [6.45, 7) is 4.03. The van der Waals surface area contributed by atoms with Crippen molar-refractivity contribution >= 4 is 35.0 Å². The number of carbonyl (C=O) groups is 2. The number of hydrogen-bond acceptors (Lipinski definition) is 4. The molecular weight excluding hydrogens is 442 g/mol. The fourth-order valence-electron chi connectivity index (χ4n) is 3.76. The summed E-state index contributed by atoms with van der Waals surface area (Å²) in [5.74, 6) is -0.666. The summed E-state index contributed by atoms with van der Waals surface area (Å²) >= 11 is 1.27. The van der Waals surface area contributed by atoms with E-state index in [9.17, 15) is 14.9 Å².